The molecule has 0 atom stereocenters. The highest BCUT2D eigenvalue weighted by Crippen LogP contribution is 2.28. The molecular weight excluding hydrogens is 274 g/mol. The first-order valence-electron chi connectivity index (χ1n) is 6.24. The molecule has 2 aromatic rings. The number of nitrogens with zero attached hydrogens (tertiary/aromatic N) is 3. The minimum atomic E-state index is -0.206. The number of H-pyrrole nitrogens is 1. The number of benzene rings is 1. The first-order valence-corrected chi connectivity index (χ1v) is 7.05. The van der Waals surface area contributed by atoms with Crippen LogP contribution in [-0.4, -0.2) is 14.8 Å². The van der Waals surface area contributed by atoms with E-state index in [1.165, 1.54) is 11.8 Å². The van der Waals surface area contributed by atoms with E-state index in [-0.39, 0.29) is 12.1 Å². The molecule has 6 nitrogen and oxygen atoms in total. The van der Waals surface area contributed by atoms with Crippen LogP contribution >= 0.6 is 11.8 Å². The average molecular weight is 289 g/mol. The smallest absolute Gasteiger partial charge is 0.343 e. The molecule has 0 unspecified atom stereocenters. The van der Waals surface area contributed by atoms with Gasteiger partial charge in [0.15, 0.2) is 5.16 Å². The molecular formula is C13H15N5OS. The van der Waals surface area contributed by atoms with E-state index in [4.69, 9.17) is 11.0 Å². The summed E-state index contributed by atoms with van der Waals surface area (Å²) in [7, 11) is 0. The average Bonchev–Trinajstić information content (AvgIpc) is 2.76. The fraction of sp³-hybridized carbons (Fsp3) is 0.308. The lowest BCUT2D eigenvalue weighted by Gasteiger charge is -2.06. The van der Waals surface area contributed by atoms with Gasteiger partial charge in [0, 0.05) is 17.1 Å². The molecule has 0 aliphatic heterocycles. The quantitative estimate of drug-likeness (QED) is 0.817. The van der Waals surface area contributed by atoms with Gasteiger partial charge in [0.05, 0.1) is 12.5 Å². The van der Waals surface area contributed by atoms with Gasteiger partial charge in [0.25, 0.3) is 0 Å². The molecule has 0 aliphatic rings. The molecule has 0 aliphatic carbocycles. The Morgan fingerprint density at radius 3 is 3.05 bits per heavy atom. The van der Waals surface area contributed by atoms with Gasteiger partial charge in [-0.15, -0.1) is 5.10 Å². The van der Waals surface area contributed by atoms with Crippen LogP contribution < -0.4 is 11.4 Å². The van der Waals surface area contributed by atoms with E-state index in [0.29, 0.717) is 17.4 Å². The molecule has 2 rings (SSSR count). The van der Waals surface area contributed by atoms with Crippen molar-refractivity contribution in [2.45, 2.75) is 36.4 Å². The number of anilines is 1. The number of aromatic amines is 1. The zero-order chi connectivity index (χ0) is 14.5. The summed E-state index contributed by atoms with van der Waals surface area (Å²) in [5.74, 6) is 0. The number of nitrogens with one attached hydrogen (secondary N) is 1. The van der Waals surface area contributed by atoms with E-state index in [2.05, 4.69) is 16.3 Å². The number of rotatable bonds is 5. The molecule has 3 N–H and O–H groups in total. The Bertz CT molecular complexity index is 698. The lowest BCUT2D eigenvalue weighted by Crippen LogP contribution is -2.17. The second-order valence-electron chi connectivity index (χ2n) is 4.26. The number of aromatic nitrogens is 3. The van der Waals surface area contributed by atoms with Crippen LogP contribution in [0.1, 0.15) is 18.9 Å². The molecule has 1 aromatic heterocycles. The van der Waals surface area contributed by atoms with Crippen molar-refractivity contribution in [3.05, 3.63) is 34.2 Å². The Balaban J connectivity index is 2.29. The Morgan fingerprint density at radius 2 is 2.35 bits per heavy atom. The Labute approximate surface area is 120 Å². The Kier molecular flexibility index (Phi) is 4.48. The predicted octanol–water partition coefficient (Wildman–Crippen LogP) is 1.78. The van der Waals surface area contributed by atoms with Gasteiger partial charge in [-0.2, -0.15) is 5.26 Å². The molecule has 0 saturated heterocycles. The van der Waals surface area contributed by atoms with Crippen LogP contribution in [0.3, 0.4) is 0 Å². The van der Waals surface area contributed by atoms with Crippen molar-refractivity contribution in [1.82, 2.24) is 14.8 Å². The number of nitriles is 1. The molecule has 0 bridgehead atoms. The van der Waals surface area contributed by atoms with Crippen molar-refractivity contribution in [3.8, 4) is 6.07 Å². The monoisotopic (exact) mass is 289 g/mol. The molecule has 0 fully saturated rings. The third-order valence-corrected chi connectivity index (χ3v) is 3.75. The molecule has 7 heteroatoms. The third kappa shape index (κ3) is 3.03. The highest BCUT2D eigenvalue weighted by Gasteiger charge is 2.10. The fourth-order valence-corrected chi connectivity index (χ4v) is 2.71. The first kappa shape index (κ1) is 14.2. The molecule has 0 saturated carbocycles. The minimum Gasteiger partial charge on any atom is -0.398 e. The summed E-state index contributed by atoms with van der Waals surface area (Å²) >= 11 is 1.38. The second kappa shape index (κ2) is 6.30. The molecule has 1 aromatic carbocycles. The lowest BCUT2D eigenvalue weighted by atomic mass is 10.1. The van der Waals surface area contributed by atoms with Gasteiger partial charge in [0.1, 0.15) is 0 Å². The second-order valence-corrected chi connectivity index (χ2v) is 5.30. The van der Waals surface area contributed by atoms with Gasteiger partial charge in [0.2, 0.25) is 0 Å². The molecule has 0 radical (unpaired) electrons. The Morgan fingerprint density at radius 1 is 1.55 bits per heavy atom. The van der Waals surface area contributed by atoms with Gasteiger partial charge in [-0.25, -0.2) is 9.89 Å². The van der Waals surface area contributed by atoms with Crippen molar-refractivity contribution in [2.24, 2.45) is 0 Å². The van der Waals surface area contributed by atoms with E-state index in [9.17, 15) is 4.79 Å². The molecule has 104 valence electrons. The summed E-state index contributed by atoms with van der Waals surface area (Å²) in [4.78, 5) is 12.5. The predicted molar refractivity (Wildman–Crippen MR) is 77.4 cm³/mol. The summed E-state index contributed by atoms with van der Waals surface area (Å²) in [5.41, 5.74) is 7.00. The lowest BCUT2D eigenvalue weighted by molar-refractivity contribution is 0.604. The maximum Gasteiger partial charge on any atom is 0.343 e. The van der Waals surface area contributed by atoms with Crippen molar-refractivity contribution < 1.29 is 0 Å². The number of hydrogen-bond acceptors (Lipinski definition) is 5. The van der Waals surface area contributed by atoms with Gasteiger partial charge in [-0.1, -0.05) is 6.92 Å². The number of nitrogens with two attached hydrogens (primary N) is 1. The van der Waals surface area contributed by atoms with Crippen molar-refractivity contribution in [3.63, 3.8) is 0 Å². The standard InChI is InChI=1S/C13H15N5OS/c1-2-7-18-12(19)16-17-13(18)20-10-3-4-11(15)9(8-10)5-6-14/h3-4,8H,2,5,7,15H2,1H3,(H,16,19). The van der Waals surface area contributed by atoms with Gasteiger partial charge < -0.3 is 5.73 Å². The van der Waals surface area contributed by atoms with Crippen molar-refractivity contribution >= 4 is 17.4 Å². The van der Waals surface area contributed by atoms with Crippen molar-refractivity contribution in [2.75, 3.05) is 5.73 Å². The van der Waals surface area contributed by atoms with E-state index >= 15 is 0 Å². The van der Waals surface area contributed by atoms with Crippen LogP contribution in [0.5, 0.6) is 0 Å². The largest absolute Gasteiger partial charge is 0.398 e. The zero-order valence-electron chi connectivity index (χ0n) is 11.1. The van der Waals surface area contributed by atoms with Crippen LogP contribution in [0.4, 0.5) is 5.69 Å². The third-order valence-electron chi connectivity index (χ3n) is 2.76. The van der Waals surface area contributed by atoms with Gasteiger partial charge >= 0.3 is 5.69 Å². The molecule has 20 heavy (non-hydrogen) atoms. The minimum absolute atomic E-state index is 0.206. The fourth-order valence-electron chi connectivity index (χ4n) is 1.79. The van der Waals surface area contributed by atoms with Crippen LogP contribution in [-0.2, 0) is 13.0 Å². The maximum atomic E-state index is 11.6. The van der Waals surface area contributed by atoms with E-state index < -0.39 is 0 Å². The van der Waals surface area contributed by atoms with Crippen LogP contribution in [0.15, 0.2) is 33.0 Å². The molecule has 1 heterocycles. The summed E-state index contributed by atoms with van der Waals surface area (Å²) < 4.78 is 1.60. The highest BCUT2D eigenvalue weighted by atomic mass is 32.2. The number of nitrogen functional groups attached to an aromatic ring is 1. The number of hydrogen-bond donors (Lipinski definition) is 2. The molecule has 0 spiro atoms. The Hall–Kier alpha value is -2.20. The van der Waals surface area contributed by atoms with E-state index in [1.807, 2.05) is 19.1 Å². The summed E-state index contributed by atoms with van der Waals surface area (Å²) in [6, 6.07) is 7.57. The SMILES string of the molecule is CCCn1c(Sc2ccc(N)c(CC#N)c2)n[nH]c1=O. The zero-order valence-corrected chi connectivity index (χ0v) is 11.9. The topological polar surface area (TPSA) is 100 Å². The summed E-state index contributed by atoms with van der Waals surface area (Å²) in [6.07, 6.45) is 1.12. The normalized spacial score (nSPS) is 10.4. The maximum absolute atomic E-state index is 11.6. The van der Waals surface area contributed by atoms with E-state index in [1.54, 1.807) is 10.6 Å². The van der Waals surface area contributed by atoms with Crippen LogP contribution in [0.2, 0.25) is 0 Å². The van der Waals surface area contributed by atoms with Crippen LogP contribution in [0, 0.1) is 11.3 Å². The van der Waals surface area contributed by atoms with E-state index in [0.717, 1.165) is 16.9 Å². The van der Waals surface area contributed by atoms with Crippen molar-refractivity contribution in [1.29, 1.82) is 5.26 Å². The highest BCUT2D eigenvalue weighted by molar-refractivity contribution is 7.99. The van der Waals surface area contributed by atoms with Crippen LogP contribution in [0.25, 0.3) is 0 Å². The molecule has 0 amide bonds. The first-order chi connectivity index (χ1) is 9.65. The van der Waals surface area contributed by atoms with Gasteiger partial charge in [-0.05, 0) is 41.9 Å². The van der Waals surface area contributed by atoms with Gasteiger partial charge in [-0.3, -0.25) is 4.57 Å². The summed E-state index contributed by atoms with van der Waals surface area (Å²) in [6.45, 7) is 2.62. The summed E-state index contributed by atoms with van der Waals surface area (Å²) in [5, 5.41) is 15.9.